The highest BCUT2D eigenvalue weighted by molar-refractivity contribution is 7.10. The number of amides is 3. The van der Waals surface area contributed by atoms with Crippen LogP contribution in [0.5, 0.6) is 0 Å². The molecule has 1 saturated carbocycles. The Morgan fingerprint density at radius 1 is 1.24 bits per heavy atom. The highest BCUT2D eigenvalue weighted by Gasteiger charge is 2.37. The van der Waals surface area contributed by atoms with Crippen molar-refractivity contribution < 1.29 is 18.8 Å². The van der Waals surface area contributed by atoms with E-state index < -0.39 is 23.7 Å². The summed E-state index contributed by atoms with van der Waals surface area (Å²) in [6, 6.07) is 6.15. The Bertz CT molecular complexity index is 1230. The molecule has 1 aliphatic rings. The van der Waals surface area contributed by atoms with Gasteiger partial charge in [0.2, 0.25) is 5.91 Å². The highest BCUT2D eigenvalue weighted by Crippen LogP contribution is 2.36. The first-order valence-corrected chi connectivity index (χ1v) is 12.5. The number of carbonyl (C=O) groups is 3. The van der Waals surface area contributed by atoms with Gasteiger partial charge in [0, 0.05) is 16.6 Å². The fourth-order valence-electron chi connectivity index (χ4n) is 3.93. The van der Waals surface area contributed by atoms with Crippen LogP contribution in [0, 0.1) is 5.82 Å². The van der Waals surface area contributed by atoms with Crippen LogP contribution in [0.4, 0.5) is 15.8 Å². The van der Waals surface area contributed by atoms with E-state index in [2.05, 4.69) is 9.69 Å². The number of nitrogens with two attached hydrogens (primary N) is 2. The number of benzene rings is 1. The lowest BCUT2D eigenvalue weighted by Gasteiger charge is -2.31. The molecule has 1 aliphatic carbocycles. The Balaban J connectivity index is 1.83. The Morgan fingerprint density at radius 2 is 1.97 bits per heavy atom. The molecule has 178 valence electrons. The maximum atomic E-state index is 14.0. The van der Waals surface area contributed by atoms with Crippen molar-refractivity contribution in [3.05, 3.63) is 62.0 Å². The summed E-state index contributed by atoms with van der Waals surface area (Å²) in [5, 5.41) is 4.61. The van der Waals surface area contributed by atoms with E-state index >= 15 is 0 Å². The molecule has 4 rings (SSSR count). The van der Waals surface area contributed by atoms with Gasteiger partial charge in [0.25, 0.3) is 11.8 Å². The number of carbonyl (C=O) groups excluding carboxylic acids is 3. The van der Waals surface area contributed by atoms with Crippen LogP contribution < -0.4 is 21.7 Å². The molecule has 0 bridgehead atoms. The van der Waals surface area contributed by atoms with E-state index in [4.69, 9.17) is 23.1 Å². The Morgan fingerprint density at radius 3 is 2.56 bits per heavy atom. The fraction of sp³-hybridized carbons (Fsp3) is 0.273. The summed E-state index contributed by atoms with van der Waals surface area (Å²) in [6.07, 6.45) is 3.72. The third-order valence-electron chi connectivity index (χ3n) is 5.58. The lowest BCUT2D eigenvalue weighted by atomic mass is 10.1. The van der Waals surface area contributed by atoms with Gasteiger partial charge in [0.15, 0.2) is 11.7 Å². The molecule has 1 atom stereocenters. The van der Waals surface area contributed by atoms with Crippen LogP contribution in [0.1, 0.15) is 56.8 Å². The van der Waals surface area contributed by atoms with Gasteiger partial charge < -0.3 is 16.8 Å². The van der Waals surface area contributed by atoms with Crippen molar-refractivity contribution in [2.24, 2.45) is 5.73 Å². The molecule has 0 saturated heterocycles. The molecule has 5 N–H and O–H groups in total. The maximum Gasteiger partial charge on any atom is 0.273 e. The van der Waals surface area contributed by atoms with Gasteiger partial charge >= 0.3 is 0 Å². The monoisotopic (exact) mass is 521 g/mol. The van der Waals surface area contributed by atoms with Crippen molar-refractivity contribution in [1.82, 2.24) is 9.69 Å². The predicted molar refractivity (Wildman–Crippen MR) is 131 cm³/mol. The number of anilines is 2. The highest BCUT2D eigenvalue weighted by atomic mass is 35.5. The van der Waals surface area contributed by atoms with Gasteiger partial charge in [0.05, 0.1) is 10.7 Å². The molecule has 1 fully saturated rings. The van der Waals surface area contributed by atoms with Gasteiger partial charge in [-0.25, -0.2) is 4.39 Å². The molecular formula is C22H21ClFN5O3S2. The van der Waals surface area contributed by atoms with Crippen molar-refractivity contribution in [2.75, 3.05) is 10.6 Å². The molecule has 3 amide bonds. The molecule has 3 aromatic rings. The van der Waals surface area contributed by atoms with E-state index in [1.54, 1.807) is 17.5 Å². The Labute approximate surface area is 207 Å². The summed E-state index contributed by atoms with van der Waals surface area (Å²) in [6.45, 7) is 0. The van der Waals surface area contributed by atoms with Crippen LogP contribution in [-0.4, -0.2) is 28.1 Å². The van der Waals surface area contributed by atoms with Crippen LogP contribution >= 0.6 is 34.5 Å². The fourth-order valence-corrected chi connectivity index (χ4v) is 5.66. The van der Waals surface area contributed by atoms with E-state index in [1.807, 2.05) is 0 Å². The zero-order valence-electron chi connectivity index (χ0n) is 17.8. The third kappa shape index (κ3) is 4.77. The number of primary amides is 1. The normalized spacial score (nSPS) is 14.6. The summed E-state index contributed by atoms with van der Waals surface area (Å²) in [5.41, 5.74) is 11.1. The summed E-state index contributed by atoms with van der Waals surface area (Å²) < 4.78 is 17.9. The van der Waals surface area contributed by atoms with Crippen molar-refractivity contribution in [3.8, 4) is 0 Å². The van der Waals surface area contributed by atoms with Crippen LogP contribution in [0.3, 0.4) is 0 Å². The first kappa shape index (κ1) is 24.1. The van der Waals surface area contributed by atoms with Gasteiger partial charge in [-0.2, -0.15) is 4.37 Å². The molecule has 1 aromatic carbocycles. The van der Waals surface area contributed by atoms with Crippen LogP contribution in [0.15, 0.2) is 35.7 Å². The first-order valence-electron chi connectivity index (χ1n) is 10.4. The van der Waals surface area contributed by atoms with E-state index in [0.29, 0.717) is 16.4 Å². The van der Waals surface area contributed by atoms with E-state index in [0.717, 1.165) is 31.7 Å². The second-order valence-electron chi connectivity index (χ2n) is 7.82. The van der Waals surface area contributed by atoms with E-state index in [9.17, 15) is 18.8 Å². The van der Waals surface area contributed by atoms with Gasteiger partial charge in [-0.1, -0.05) is 30.5 Å². The second kappa shape index (κ2) is 10.1. The number of thiophene rings is 1. The van der Waals surface area contributed by atoms with Crippen LogP contribution in [0.25, 0.3) is 0 Å². The first-order chi connectivity index (χ1) is 16.3. The van der Waals surface area contributed by atoms with Crippen LogP contribution in [-0.2, 0) is 4.79 Å². The number of hydrogen-bond acceptors (Lipinski definition) is 7. The van der Waals surface area contributed by atoms with Gasteiger partial charge in [-0.15, -0.1) is 11.3 Å². The van der Waals surface area contributed by atoms with Crippen LogP contribution in [0.2, 0.25) is 5.02 Å². The van der Waals surface area contributed by atoms with Gasteiger partial charge in [0.1, 0.15) is 10.7 Å². The zero-order chi connectivity index (χ0) is 24.4. The summed E-state index contributed by atoms with van der Waals surface area (Å²) in [7, 11) is 0. The molecule has 12 heteroatoms. The molecule has 1 unspecified atom stereocenters. The Hall–Kier alpha value is -3.02. The average Bonchev–Trinajstić information content (AvgIpc) is 3.56. The largest absolute Gasteiger partial charge is 0.395 e. The molecule has 0 radical (unpaired) electrons. The second-order valence-corrected chi connectivity index (χ2v) is 9.98. The average molecular weight is 522 g/mol. The van der Waals surface area contributed by atoms with Crippen molar-refractivity contribution in [1.29, 1.82) is 0 Å². The molecule has 2 aromatic heterocycles. The van der Waals surface area contributed by atoms with E-state index in [-0.39, 0.29) is 38.9 Å². The molecule has 2 heterocycles. The van der Waals surface area contributed by atoms with Crippen molar-refractivity contribution in [2.45, 2.75) is 37.8 Å². The maximum absolute atomic E-state index is 14.0. The number of halogens is 2. The number of nitrogen functional groups attached to an aromatic ring is 1. The number of aromatic nitrogens is 1. The quantitative estimate of drug-likeness (QED) is 0.430. The Kier molecular flexibility index (Phi) is 7.15. The number of nitrogens with zero attached hydrogens (tertiary/aromatic N) is 2. The lowest BCUT2D eigenvalue weighted by molar-refractivity contribution is -0.123. The molecule has 0 spiro atoms. The van der Waals surface area contributed by atoms with Gasteiger partial charge in [-0.05, 0) is 54.0 Å². The number of nitrogens with one attached hydrogen (secondary N) is 1. The van der Waals surface area contributed by atoms with Crippen molar-refractivity contribution >= 4 is 63.6 Å². The summed E-state index contributed by atoms with van der Waals surface area (Å²) in [4.78, 5) is 40.8. The zero-order valence-corrected chi connectivity index (χ0v) is 20.2. The molecule has 0 aliphatic heterocycles. The lowest BCUT2D eigenvalue weighted by Crippen LogP contribution is -2.46. The standard InChI is InChI=1S/C22H21ClFN5O3S2/c23-13-10-12(7-8-14(13)24)29(22(32)19-16(25)17(20(26)30)28-34-19)18(15-6-3-9-33-15)21(31)27-11-4-1-2-5-11/h3,6-11,18H,1-2,4-5,25H2,(H2,26,30)(H,27,31). The smallest absolute Gasteiger partial charge is 0.273 e. The summed E-state index contributed by atoms with van der Waals surface area (Å²) in [5.74, 6) is -2.63. The number of rotatable bonds is 7. The van der Waals surface area contributed by atoms with Gasteiger partial charge in [-0.3, -0.25) is 19.3 Å². The molecular weight excluding hydrogens is 501 g/mol. The minimum Gasteiger partial charge on any atom is -0.395 e. The minimum absolute atomic E-state index is 0.00124. The molecule has 8 nitrogen and oxygen atoms in total. The topological polar surface area (TPSA) is 131 Å². The SMILES string of the molecule is NC(=O)c1nsc(C(=O)N(c2ccc(F)c(Cl)c2)C(C(=O)NC2CCCC2)c2cccs2)c1N. The number of hydrogen-bond donors (Lipinski definition) is 3. The predicted octanol–water partition coefficient (Wildman–Crippen LogP) is 4.13. The third-order valence-corrected chi connectivity index (χ3v) is 7.64. The summed E-state index contributed by atoms with van der Waals surface area (Å²) >= 11 is 8.02. The minimum atomic E-state index is -1.09. The van der Waals surface area contributed by atoms with E-state index in [1.165, 1.54) is 28.4 Å². The van der Waals surface area contributed by atoms with Crippen molar-refractivity contribution in [3.63, 3.8) is 0 Å². The molecule has 34 heavy (non-hydrogen) atoms.